The van der Waals surface area contributed by atoms with Crippen LogP contribution in [0, 0.1) is 0 Å². The standard InChI is InChI=1S/C18H23NO2/c19-12-11-18(21-14-17-9-5-2-6-10-17)15-20-13-16-7-3-1-4-8-16/h1-10,18H,11-15,19H2. The number of hydrogen-bond donors (Lipinski definition) is 1. The quantitative estimate of drug-likeness (QED) is 0.770. The number of ether oxygens (including phenoxy) is 2. The molecule has 1 unspecified atom stereocenters. The van der Waals surface area contributed by atoms with Crippen molar-refractivity contribution < 1.29 is 9.47 Å². The summed E-state index contributed by atoms with van der Waals surface area (Å²) in [6.45, 7) is 2.38. The van der Waals surface area contributed by atoms with Gasteiger partial charge in [0.15, 0.2) is 0 Å². The number of hydrogen-bond acceptors (Lipinski definition) is 3. The molecule has 3 heteroatoms. The maximum absolute atomic E-state index is 5.90. The van der Waals surface area contributed by atoms with Crippen molar-refractivity contribution in [2.45, 2.75) is 25.7 Å². The summed E-state index contributed by atoms with van der Waals surface area (Å²) in [4.78, 5) is 0. The molecule has 0 fully saturated rings. The van der Waals surface area contributed by atoms with Gasteiger partial charge in [-0.25, -0.2) is 0 Å². The monoisotopic (exact) mass is 285 g/mol. The molecule has 0 aliphatic carbocycles. The first kappa shape index (κ1) is 15.7. The molecule has 0 aliphatic heterocycles. The van der Waals surface area contributed by atoms with Crippen molar-refractivity contribution in [3.63, 3.8) is 0 Å². The van der Waals surface area contributed by atoms with Crippen LogP contribution in [0.4, 0.5) is 0 Å². The molecule has 0 aliphatic rings. The fourth-order valence-electron chi connectivity index (χ4n) is 2.07. The van der Waals surface area contributed by atoms with Crippen molar-refractivity contribution in [1.82, 2.24) is 0 Å². The van der Waals surface area contributed by atoms with E-state index in [-0.39, 0.29) is 6.10 Å². The molecular weight excluding hydrogens is 262 g/mol. The minimum Gasteiger partial charge on any atom is -0.374 e. The van der Waals surface area contributed by atoms with E-state index >= 15 is 0 Å². The Hall–Kier alpha value is -1.68. The second-order valence-corrected chi connectivity index (χ2v) is 5.00. The first-order valence-electron chi connectivity index (χ1n) is 7.35. The molecule has 0 amide bonds. The lowest BCUT2D eigenvalue weighted by molar-refractivity contribution is -0.0320. The van der Waals surface area contributed by atoms with Crippen LogP contribution in [0.3, 0.4) is 0 Å². The van der Waals surface area contributed by atoms with Crippen LogP contribution in [0.1, 0.15) is 17.5 Å². The second kappa shape index (κ2) is 9.29. The molecule has 3 nitrogen and oxygen atoms in total. The van der Waals surface area contributed by atoms with Gasteiger partial charge in [0.1, 0.15) is 0 Å². The third-order valence-electron chi connectivity index (χ3n) is 3.23. The highest BCUT2D eigenvalue weighted by Crippen LogP contribution is 2.08. The van der Waals surface area contributed by atoms with Crippen molar-refractivity contribution in [2.75, 3.05) is 13.2 Å². The largest absolute Gasteiger partial charge is 0.374 e. The van der Waals surface area contributed by atoms with Gasteiger partial charge in [-0.15, -0.1) is 0 Å². The molecule has 0 bridgehead atoms. The van der Waals surface area contributed by atoms with Gasteiger partial charge in [0, 0.05) is 0 Å². The summed E-state index contributed by atoms with van der Waals surface area (Å²) < 4.78 is 11.6. The van der Waals surface area contributed by atoms with Gasteiger partial charge >= 0.3 is 0 Å². The highest BCUT2D eigenvalue weighted by molar-refractivity contribution is 5.14. The smallest absolute Gasteiger partial charge is 0.0825 e. The molecule has 2 N–H and O–H groups in total. The molecule has 2 aromatic carbocycles. The van der Waals surface area contributed by atoms with E-state index in [4.69, 9.17) is 15.2 Å². The average molecular weight is 285 g/mol. The van der Waals surface area contributed by atoms with Gasteiger partial charge in [0.05, 0.1) is 25.9 Å². The van der Waals surface area contributed by atoms with Gasteiger partial charge < -0.3 is 15.2 Å². The van der Waals surface area contributed by atoms with Crippen molar-refractivity contribution in [1.29, 1.82) is 0 Å². The normalized spacial score (nSPS) is 12.2. The summed E-state index contributed by atoms with van der Waals surface area (Å²) in [5.74, 6) is 0. The summed E-state index contributed by atoms with van der Waals surface area (Å²) in [5.41, 5.74) is 7.99. The molecule has 0 saturated carbocycles. The van der Waals surface area contributed by atoms with E-state index in [1.54, 1.807) is 0 Å². The zero-order valence-electron chi connectivity index (χ0n) is 12.3. The fraction of sp³-hybridized carbons (Fsp3) is 0.333. The Labute approximate surface area is 126 Å². The molecule has 2 aromatic rings. The van der Waals surface area contributed by atoms with E-state index in [9.17, 15) is 0 Å². The van der Waals surface area contributed by atoms with Crippen molar-refractivity contribution in [3.8, 4) is 0 Å². The van der Waals surface area contributed by atoms with E-state index in [1.807, 2.05) is 36.4 Å². The zero-order chi connectivity index (χ0) is 14.8. The zero-order valence-corrected chi connectivity index (χ0v) is 12.3. The van der Waals surface area contributed by atoms with Crippen LogP contribution in [-0.2, 0) is 22.7 Å². The molecule has 0 heterocycles. The van der Waals surface area contributed by atoms with Gasteiger partial charge in [-0.3, -0.25) is 0 Å². The Balaban J connectivity index is 1.73. The van der Waals surface area contributed by atoms with Crippen LogP contribution >= 0.6 is 0 Å². The Kier molecular flexibility index (Phi) is 6.95. The SMILES string of the molecule is NCCC(COCc1ccccc1)OCc1ccccc1. The molecule has 112 valence electrons. The minimum absolute atomic E-state index is 0.0407. The van der Waals surface area contributed by atoms with Crippen LogP contribution in [0.15, 0.2) is 60.7 Å². The molecule has 1 atom stereocenters. The van der Waals surface area contributed by atoms with E-state index < -0.39 is 0 Å². The van der Waals surface area contributed by atoms with Gasteiger partial charge in [0.25, 0.3) is 0 Å². The third-order valence-corrected chi connectivity index (χ3v) is 3.23. The molecule has 2 rings (SSSR count). The van der Waals surface area contributed by atoms with Crippen LogP contribution in [0.25, 0.3) is 0 Å². The number of benzene rings is 2. The fourth-order valence-corrected chi connectivity index (χ4v) is 2.07. The predicted octanol–water partition coefficient (Wildman–Crippen LogP) is 3.14. The third kappa shape index (κ3) is 6.08. The lowest BCUT2D eigenvalue weighted by Gasteiger charge is -2.17. The van der Waals surface area contributed by atoms with E-state index in [2.05, 4.69) is 24.3 Å². The lowest BCUT2D eigenvalue weighted by Crippen LogP contribution is -2.23. The first-order chi connectivity index (χ1) is 10.4. The number of rotatable bonds is 9. The Morgan fingerprint density at radius 1 is 0.810 bits per heavy atom. The van der Waals surface area contributed by atoms with E-state index in [0.717, 1.165) is 6.42 Å². The van der Waals surface area contributed by atoms with Crippen molar-refractivity contribution in [2.24, 2.45) is 5.73 Å². The lowest BCUT2D eigenvalue weighted by atomic mass is 10.2. The van der Waals surface area contributed by atoms with Gasteiger partial charge in [0.2, 0.25) is 0 Å². The highest BCUT2D eigenvalue weighted by Gasteiger charge is 2.09. The molecule has 0 aromatic heterocycles. The highest BCUT2D eigenvalue weighted by atomic mass is 16.5. The van der Waals surface area contributed by atoms with Crippen molar-refractivity contribution in [3.05, 3.63) is 71.8 Å². The Bertz CT molecular complexity index is 487. The number of nitrogens with two attached hydrogens (primary N) is 1. The van der Waals surface area contributed by atoms with Crippen LogP contribution in [0.2, 0.25) is 0 Å². The van der Waals surface area contributed by atoms with Gasteiger partial charge in [-0.05, 0) is 24.1 Å². The van der Waals surface area contributed by atoms with E-state index in [0.29, 0.717) is 26.4 Å². The molecule has 0 saturated heterocycles. The van der Waals surface area contributed by atoms with Crippen LogP contribution in [-0.4, -0.2) is 19.3 Å². The Morgan fingerprint density at radius 3 is 1.95 bits per heavy atom. The van der Waals surface area contributed by atoms with Gasteiger partial charge in [-0.2, -0.15) is 0 Å². The van der Waals surface area contributed by atoms with Crippen molar-refractivity contribution >= 4 is 0 Å². The van der Waals surface area contributed by atoms with Gasteiger partial charge in [-0.1, -0.05) is 60.7 Å². The van der Waals surface area contributed by atoms with Crippen LogP contribution in [0.5, 0.6) is 0 Å². The maximum Gasteiger partial charge on any atom is 0.0825 e. The molecular formula is C18H23NO2. The Morgan fingerprint density at radius 2 is 1.38 bits per heavy atom. The first-order valence-corrected chi connectivity index (χ1v) is 7.35. The summed E-state index contributed by atoms with van der Waals surface area (Å²) in [6.07, 6.45) is 0.848. The summed E-state index contributed by atoms with van der Waals surface area (Å²) >= 11 is 0. The predicted molar refractivity (Wildman–Crippen MR) is 84.8 cm³/mol. The van der Waals surface area contributed by atoms with E-state index in [1.165, 1.54) is 11.1 Å². The molecule has 0 radical (unpaired) electrons. The second-order valence-electron chi connectivity index (χ2n) is 5.00. The minimum atomic E-state index is 0.0407. The topological polar surface area (TPSA) is 44.5 Å². The van der Waals surface area contributed by atoms with Crippen LogP contribution < -0.4 is 5.73 Å². The maximum atomic E-state index is 5.90. The summed E-state index contributed by atoms with van der Waals surface area (Å²) in [7, 11) is 0. The average Bonchev–Trinajstić information content (AvgIpc) is 2.54. The molecule has 21 heavy (non-hydrogen) atoms. The summed E-state index contributed by atoms with van der Waals surface area (Å²) in [5, 5.41) is 0. The summed E-state index contributed by atoms with van der Waals surface area (Å²) in [6, 6.07) is 20.3. The molecule has 0 spiro atoms.